The van der Waals surface area contributed by atoms with E-state index in [1.165, 1.54) is 57.8 Å². The van der Waals surface area contributed by atoms with Gasteiger partial charge in [-0.2, -0.15) is 18.2 Å². The van der Waals surface area contributed by atoms with Gasteiger partial charge in [0, 0.05) is 13.2 Å². The largest absolute Gasteiger partial charge is 1.00 e. The Balaban J connectivity index is -0.00000840. The van der Waals surface area contributed by atoms with Crippen molar-refractivity contribution in [2.75, 3.05) is 26.4 Å². The third-order valence-corrected chi connectivity index (χ3v) is 8.12. The second-order valence-electron chi connectivity index (χ2n) is 10.9. The Morgan fingerprint density at radius 1 is 0.535 bits per heavy atom. The number of carbonyl (C=O) groups is 2. The van der Waals surface area contributed by atoms with Gasteiger partial charge in [-0.3, -0.25) is 14.3 Å². The number of carbonyl (C=O) groups excluding carboxylic acids is 2. The van der Waals surface area contributed by atoms with Crippen LogP contribution in [0.15, 0.2) is 0 Å². The summed E-state index contributed by atoms with van der Waals surface area (Å²) in [6.45, 7) is 0.763. The van der Waals surface area contributed by atoms with Crippen molar-refractivity contribution in [1.82, 2.24) is 0 Å². The van der Waals surface area contributed by atoms with Crippen LogP contribution in [0.3, 0.4) is 0 Å². The first-order chi connectivity index (χ1) is 20.3. The van der Waals surface area contributed by atoms with Crippen LogP contribution < -0.4 is 29.6 Å². The average molecular weight is 651 g/mol. The van der Waals surface area contributed by atoms with E-state index in [1.807, 2.05) is 0 Å². The minimum atomic E-state index is -4.92. The van der Waals surface area contributed by atoms with Crippen LogP contribution in [0.1, 0.15) is 149 Å². The van der Waals surface area contributed by atoms with E-state index in [0.29, 0.717) is 12.8 Å². The second kappa shape index (κ2) is 33.1. The van der Waals surface area contributed by atoms with Crippen LogP contribution in [0, 0.1) is 0 Å². The smallest absolute Gasteiger partial charge is 1.00 e. The third kappa shape index (κ3) is 31.5. The van der Waals surface area contributed by atoms with Gasteiger partial charge in [0.15, 0.2) is 5.25 Å². The molecule has 0 aliphatic carbocycles. The van der Waals surface area contributed by atoms with E-state index >= 15 is 0 Å². The fourth-order valence-electron chi connectivity index (χ4n) is 4.48. The molecule has 0 aliphatic rings. The van der Waals surface area contributed by atoms with Crippen molar-refractivity contribution in [3.63, 3.8) is 0 Å². The number of hydrogen-bond acceptors (Lipinski definition) is 10. The SMILES string of the molecule is O=C(CC(C(=O)OOCCCCCCCCCCCCCO)S(=O)(=O)O)OOCCCCCCCCCCCCCO.[H-].[Na+]. The summed E-state index contributed by atoms with van der Waals surface area (Å²) in [7, 11) is -4.92. The Bertz CT molecular complexity index is 745. The third-order valence-electron chi connectivity index (χ3n) is 7.04. The Hall–Kier alpha value is -0.310. The summed E-state index contributed by atoms with van der Waals surface area (Å²) < 4.78 is 32.5. The number of rotatable bonds is 32. The van der Waals surface area contributed by atoms with Gasteiger partial charge >= 0.3 is 41.5 Å². The zero-order chi connectivity index (χ0) is 31.2. The van der Waals surface area contributed by atoms with E-state index in [1.54, 1.807) is 0 Å². The van der Waals surface area contributed by atoms with E-state index in [9.17, 15) is 22.6 Å². The first kappa shape index (κ1) is 44.8. The fraction of sp³-hybridized carbons (Fsp3) is 0.933. The van der Waals surface area contributed by atoms with E-state index in [2.05, 4.69) is 9.78 Å². The van der Waals surface area contributed by atoms with Gasteiger partial charge in [0.05, 0.1) is 19.6 Å². The molecule has 0 amide bonds. The summed E-state index contributed by atoms with van der Waals surface area (Å²) in [5.74, 6) is -2.50. The maximum Gasteiger partial charge on any atom is 1.00 e. The standard InChI is InChI=1S/C30H58O11S.Na.H/c31-23-19-15-11-7-3-1-5-9-13-17-21-25-38-40-29(33)27-28(42(35,36)37)30(34)41-39-26-22-18-14-10-6-2-4-8-12-16-20-24-32;;/h28,31-32H,1-27H2,(H,35,36,37);;/q;+1;-1. The summed E-state index contributed by atoms with van der Waals surface area (Å²) >= 11 is 0. The first-order valence-electron chi connectivity index (χ1n) is 16.2. The molecule has 0 aromatic heterocycles. The van der Waals surface area contributed by atoms with Crippen molar-refractivity contribution in [3.05, 3.63) is 0 Å². The number of unbranched alkanes of at least 4 members (excludes halogenated alkanes) is 20. The molecule has 0 radical (unpaired) electrons. The van der Waals surface area contributed by atoms with Gasteiger partial charge in [-0.15, -0.1) is 0 Å². The number of aliphatic hydroxyl groups is 2. The monoisotopic (exact) mass is 650 g/mol. The Morgan fingerprint density at radius 3 is 1.16 bits per heavy atom. The molecule has 0 saturated heterocycles. The summed E-state index contributed by atoms with van der Waals surface area (Å²) in [5, 5.41) is 15.3. The van der Waals surface area contributed by atoms with Gasteiger partial charge in [-0.25, -0.2) is 9.59 Å². The van der Waals surface area contributed by atoms with E-state index in [4.69, 9.17) is 20.0 Å². The topological polar surface area (TPSA) is 166 Å². The van der Waals surface area contributed by atoms with Crippen molar-refractivity contribution >= 4 is 22.1 Å². The molecule has 0 aromatic carbocycles. The molecule has 0 rings (SSSR count). The van der Waals surface area contributed by atoms with Crippen LogP contribution in [-0.2, 0) is 39.3 Å². The predicted molar refractivity (Wildman–Crippen MR) is 161 cm³/mol. The van der Waals surface area contributed by atoms with Crippen LogP contribution in [-0.4, -0.2) is 66.8 Å². The summed E-state index contributed by atoms with van der Waals surface area (Å²) in [6, 6.07) is 0. The normalized spacial score (nSPS) is 12.1. The van der Waals surface area contributed by atoms with Crippen LogP contribution in [0.4, 0.5) is 0 Å². The van der Waals surface area contributed by atoms with Gasteiger partial charge in [-0.1, -0.05) is 116 Å². The molecule has 0 saturated carbocycles. The molecular weight excluding hydrogens is 591 g/mol. The molecule has 1 unspecified atom stereocenters. The van der Waals surface area contributed by atoms with Crippen molar-refractivity contribution < 1.29 is 83.3 Å². The van der Waals surface area contributed by atoms with Crippen molar-refractivity contribution in [1.29, 1.82) is 0 Å². The summed E-state index contributed by atoms with van der Waals surface area (Å²) in [5.41, 5.74) is 0. The summed E-state index contributed by atoms with van der Waals surface area (Å²) in [4.78, 5) is 42.7. The molecule has 0 spiro atoms. The zero-order valence-corrected chi connectivity index (χ0v) is 29.5. The Labute approximate surface area is 283 Å². The Kier molecular flexibility index (Phi) is 34.5. The number of hydrogen-bond donors (Lipinski definition) is 3. The zero-order valence-electron chi connectivity index (χ0n) is 27.7. The van der Waals surface area contributed by atoms with Gasteiger partial charge < -0.3 is 11.6 Å². The van der Waals surface area contributed by atoms with Crippen LogP contribution in [0.2, 0.25) is 0 Å². The van der Waals surface area contributed by atoms with Crippen molar-refractivity contribution in [3.8, 4) is 0 Å². The minimum Gasteiger partial charge on any atom is -1.00 e. The molecule has 0 aromatic rings. The number of aliphatic hydroxyl groups excluding tert-OH is 2. The molecule has 0 aliphatic heterocycles. The molecule has 0 heterocycles. The molecule has 1 atom stereocenters. The molecule has 252 valence electrons. The van der Waals surface area contributed by atoms with Gasteiger partial charge in [-0.05, 0) is 25.7 Å². The van der Waals surface area contributed by atoms with Gasteiger partial charge in [0.2, 0.25) is 0 Å². The minimum absolute atomic E-state index is 0. The molecule has 11 nitrogen and oxygen atoms in total. The Morgan fingerprint density at radius 2 is 0.837 bits per heavy atom. The molecule has 0 fully saturated rings. The summed E-state index contributed by atoms with van der Waals surface area (Å²) in [6.07, 6.45) is 22.2. The van der Waals surface area contributed by atoms with E-state index in [0.717, 1.165) is 70.6 Å². The van der Waals surface area contributed by atoms with Gasteiger partial charge in [0.1, 0.15) is 0 Å². The molecule has 3 N–H and O–H groups in total. The van der Waals surface area contributed by atoms with E-state index < -0.39 is 33.7 Å². The van der Waals surface area contributed by atoms with Crippen LogP contribution in [0.5, 0.6) is 0 Å². The van der Waals surface area contributed by atoms with Crippen LogP contribution in [0.25, 0.3) is 0 Å². The fourth-order valence-corrected chi connectivity index (χ4v) is 5.11. The van der Waals surface area contributed by atoms with E-state index in [-0.39, 0.29) is 57.4 Å². The maximum absolute atomic E-state index is 12.1. The van der Waals surface area contributed by atoms with Crippen molar-refractivity contribution in [2.24, 2.45) is 0 Å². The molecule has 0 bridgehead atoms. The van der Waals surface area contributed by atoms with Crippen molar-refractivity contribution in [2.45, 2.75) is 153 Å². The van der Waals surface area contributed by atoms with Gasteiger partial charge in [0.25, 0.3) is 10.1 Å². The van der Waals surface area contributed by atoms with Crippen LogP contribution >= 0.6 is 0 Å². The molecule has 43 heavy (non-hydrogen) atoms. The quantitative estimate of drug-likeness (QED) is 0.0322. The molecular formula is C30H59NaO11S. The maximum atomic E-state index is 12.1. The molecule has 13 heteroatoms. The average Bonchev–Trinajstić information content (AvgIpc) is 2.95. The predicted octanol–water partition coefficient (Wildman–Crippen LogP) is 3.27. The second-order valence-corrected chi connectivity index (χ2v) is 12.5. The first-order valence-corrected chi connectivity index (χ1v) is 17.7.